The Hall–Kier alpha value is -4.34. The number of nitro benzene ring substituents is 2. The molecule has 1 N–H and O–H groups in total. The lowest BCUT2D eigenvalue weighted by Gasteiger charge is -2.09. The van der Waals surface area contributed by atoms with Crippen molar-refractivity contribution in [3.63, 3.8) is 0 Å². The predicted octanol–water partition coefficient (Wildman–Crippen LogP) is 3.60. The summed E-state index contributed by atoms with van der Waals surface area (Å²) in [4.78, 5) is 33.3. The minimum atomic E-state index is -0.533. The van der Waals surface area contributed by atoms with Gasteiger partial charge in [0.05, 0.1) is 28.2 Å². The second-order valence-corrected chi connectivity index (χ2v) is 6.79. The standard InChI is InChI=1S/C21H19N5O5/c1-14-10-17(15(2)24(14)18-7-5-8-19(12-18)25(28)29)13-22-23-21(27)11-16-6-3-4-9-20(16)26(30)31/h3-10,12-13H,11H2,1-2H3,(H,23,27)/b22-13+. The smallest absolute Gasteiger partial charge is 0.273 e. The van der Waals surface area contributed by atoms with Gasteiger partial charge in [0.1, 0.15) is 0 Å². The van der Waals surface area contributed by atoms with Gasteiger partial charge in [0.25, 0.3) is 11.4 Å². The number of nitrogens with one attached hydrogen (secondary N) is 1. The minimum absolute atomic E-state index is 0.0116. The van der Waals surface area contributed by atoms with E-state index in [0.29, 0.717) is 11.3 Å². The van der Waals surface area contributed by atoms with Gasteiger partial charge in [-0.25, -0.2) is 5.43 Å². The normalized spacial score (nSPS) is 10.9. The van der Waals surface area contributed by atoms with Crippen LogP contribution in [0.1, 0.15) is 22.5 Å². The van der Waals surface area contributed by atoms with Crippen LogP contribution in [-0.4, -0.2) is 26.5 Å². The quantitative estimate of drug-likeness (QED) is 0.353. The van der Waals surface area contributed by atoms with Crippen molar-refractivity contribution in [2.24, 2.45) is 5.10 Å². The molecule has 1 heterocycles. The molecule has 0 fully saturated rings. The summed E-state index contributed by atoms with van der Waals surface area (Å²) < 4.78 is 1.85. The number of nitro groups is 2. The van der Waals surface area contributed by atoms with Crippen molar-refractivity contribution in [1.82, 2.24) is 9.99 Å². The zero-order valence-electron chi connectivity index (χ0n) is 16.8. The average Bonchev–Trinajstić information content (AvgIpc) is 3.01. The van der Waals surface area contributed by atoms with Crippen molar-refractivity contribution in [2.75, 3.05) is 0 Å². The number of non-ortho nitro benzene ring substituents is 1. The topological polar surface area (TPSA) is 133 Å². The number of nitrogens with zero attached hydrogens (tertiary/aromatic N) is 4. The number of hydrazone groups is 1. The van der Waals surface area contributed by atoms with Crippen LogP contribution >= 0.6 is 0 Å². The third-order valence-electron chi connectivity index (χ3n) is 4.70. The molecule has 0 aliphatic heterocycles. The molecule has 0 bridgehead atoms. The predicted molar refractivity (Wildman–Crippen MR) is 114 cm³/mol. The van der Waals surface area contributed by atoms with Crippen molar-refractivity contribution in [2.45, 2.75) is 20.3 Å². The Labute approximate surface area is 177 Å². The molecule has 0 spiro atoms. The fourth-order valence-electron chi connectivity index (χ4n) is 3.29. The van der Waals surface area contributed by atoms with Crippen LogP contribution in [0.4, 0.5) is 11.4 Å². The highest BCUT2D eigenvalue weighted by Gasteiger charge is 2.16. The van der Waals surface area contributed by atoms with Gasteiger partial charge in [-0.1, -0.05) is 24.3 Å². The number of rotatable bonds is 7. The van der Waals surface area contributed by atoms with Crippen molar-refractivity contribution in [3.05, 3.63) is 97.3 Å². The van der Waals surface area contributed by atoms with E-state index in [9.17, 15) is 25.0 Å². The van der Waals surface area contributed by atoms with Gasteiger partial charge in [0.2, 0.25) is 5.91 Å². The summed E-state index contributed by atoms with van der Waals surface area (Å²) in [6.45, 7) is 3.69. The number of hydrogen-bond donors (Lipinski definition) is 1. The summed E-state index contributed by atoms with van der Waals surface area (Å²) in [5.74, 6) is -0.488. The van der Waals surface area contributed by atoms with Crippen LogP contribution in [0.3, 0.4) is 0 Å². The molecule has 2 aromatic carbocycles. The van der Waals surface area contributed by atoms with Crippen molar-refractivity contribution >= 4 is 23.5 Å². The van der Waals surface area contributed by atoms with E-state index in [2.05, 4.69) is 10.5 Å². The van der Waals surface area contributed by atoms with Gasteiger partial charge in [-0.2, -0.15) is 5.10 Å². The number of carbonyl (C=O) groups is 1. The maximum atomic E-state index is 12.1. The number of aromatic nitrogens is 1. The van der Waals surface area contributed by atoms with Crippen molar-refractivity contribution < 1.29 is 14.6 Å². The van der Waals surface area contributed by atoms with E-state index in [4.69, 9.17) is 0 Å². The Balaban J connectivity index is 1.75. The lowest BCUT2D eigenvalue weighted by atomic mass is 10.1. The maximum Gasteiger partial charge on any atom is 0.273 e. The molecule has 0 radical (unpaired) electrons. The average molecular weight is 421 g/mol. The molecule has 3 rings (SSSR count). The van der Waals surface area contributed by atoms with Crippen molar-refractivity contribution in [3.8, 4) is 5.69 Å². The highest BCUT2D eigenvalue weighted by atomic mass is 16.6. The maximum absolute atomic E-state index is 12.1. The first kappa shape index (κ1) is 21.4. The number of carbonyl (C=O) groups excluding carboxylic acids is 1. The molecule has 1 amide bonds. The Kier molecular flexibility index (Phi) is 6.20. The molecular formula is C21H19N5O5. The highest BCUT2D eigenvalue weighted by molar-refractivity contribution is 5.85. The summed E-state index contributed by atoms with van der Waals surface area (Å²) in [6.07, 6.45) is 1.29. The van der Waals surface area contributed by atoms with Crippen LogP contribution < -0.4 is 5.43 Å². The van der Waals surface area contributed by atoms with Crippen LogP contribution in [0.25, 0.3) is 5.69 Å². The minimum Gasteiger partial charge on any atom is -0.318 e. The van der Waals surface area contributed by atoms with E-state index in [0.717, 1.165) is 17.0 Å². The zero-order valence-corrected chi connectivity index (χ0v) is 16.8. The Morgan fingerprint density at radius 3 is 2.52 bits per heavy atom. The van der Waals surface area contributed by atoms with E-state index >= 15 is 0 Å². The first-order chi connectivity index (χ1) is 14.8. The summed E-state index contributed by atoms with van der Waals surface area (Å²) in [6, 6.07) is 14.2. The van der Waals surface area contributed by atoms with Gasteiger partial charge in [0, 0.05) is 40.7 Å². The largest absolute Gasteiger partial charge is 0.318 e. The molecule has 0 saturated heterocycles. The lowest BCUT2D eigenvalue weighted by molar-refractivity contribution is -0.385. The van der Waals surface area contributed by atoms with Crippen LogP contribution in [0, 0.1) is 34.1 Å². The molecular weight excluding hydrogens is 402 g/mol. The fourth-order valence-corrected chi connectivity index (χ4v) is 3.29. The van der Waals surface area contributed by atoms with Gasteiger partial charge in [-0.05, 0) is 26.0 Å². The molecule has 1 aromatic heterocycles. The Morgan fingerprint density at radius 1 is 1.06 bits per heavy atom. The Bertz CT molecular complexity index is 1200. The van der Waals surface area contributed by atoms with Crippen molar-refractivity contribution in [1.29, 1.82) is 0 Å². The number of aryl methyl sites for hydroxylation is 1. The SMILES string of the molecule is Cc1cc(/C=N/NC(=O)Cc2ccccc2[N+](=O)[O-])c(C)n1-c1cccc([N+](=O)[O-])c1. The van der Waals surface area contributed by atoms with Gasteiger partial charge >= 0.3 is 0 Å². The van der Waals surface area contributed by atoms with E-state index in [1.807, 2.05) is 24.5 Å². The molecule has 0 saturated carbocycles. The molecule has 0 atom stereocenters. The molecule has 31 heavy (non-hydrogen) atoms. The second kappa shape index (κ2) is 8.99. The van der Waals surface area contributed by atoms with Gasteiger partial charge in [0.15, 0.2) is 0 Å². The molecule has 0 aliphatic carbocycles. The number of hydrogen-bond acceptors (Lipinski definition) is 6. The third kappa shape index (κ3) is 4.81. The van der Waals surface area contributed by atoms with Crippen LogP contribution in [0.15, 0.2) is 59.7 Å². The van der Waals surface area contributed by atoms with E-state index in [1.165, 1.54) is 36.5 Å². The fraction of sp³-hybridized carbons (Fsp3) is 0.143. The van der Waals surface area contributed by atoms with E-state index in [1.54, 1.807) is 18.2 Å². The van der Waals surface area contributed by atoms with Gasteiger partial charge in [-0.15, -0.1) is 0 Å². The second-order valence-electron chi connectivity index (χ2n) is 6.79. The lowest BCUT2D eigenvalue weighted by Crippen LogP contribution is -2.20. The number of benzene rings is 2. The first-order valence-electron chi connectivity index (χ1n) is 9.26. The number of para-hydroxylation sites is 1. The molecule has 0 aliphatic rings. The van der Waals surface area contributed by atoms with Crippen LogP contribution in [0.5, 0.6) is 0 Å². The summed E-state index contributed by atoms with van der Waals surface area (Å²) in [5, 5.41) is 26.1. The van der Waals surface area contributed by atoms with Crippen LogP contribution in [0.2, 0.25) is 0 Å². The molecule has 10 nitrogen and oxygen atoms in total. The van der Waals surface area contributed by atoms with Gasteiger partial charge < -0.3 is 4.57 Å². The summed E-state index contributed by atoms with van der Waals surface area (Å²) in [5.41, 5.74) is 5.52. The molecule has 0 unspecified atom stereocenters. The Morgan fingerprint density at radius 2 is 1.81 bits per heavy atom. The van der Waals surface area contributed by atoms with E-state index < -0.39 is 15.8 Å². The van der Waals surface area contributed by atoms with E-state index in [-0.39, 0.29) is 17.8 Å². The number of amides is 1. The molecule has 158 valence electrons. The summed E-state index contributed by atoms with van der Waals surface area (Å²) in [7, 11) is 0. The van der Waals surface area contributed by atoms with Gasteiger partial charge in [-0.3, -0.25) is 25.0 Å². The highest BCUT2D eigenvalue weighted by Crippen LogP contribution is 2.23. The summed E-state index contributed by atoms with van der Waals surface area (Å²) >= 11 is 0. The zero-order chi connectivity index (χ0) is 22.5. The molecule has 3 aromatic rings. The third-order valence-corrected chi connectivity index (χ3v) is 4.70. The first-order valence-corrected chi connectivity index (χ1v) is 9.26. The monoisotopic (exact) mass is 421 g/mol. The molecule has 10 heteroatoms. The van der Waals surface area contributed by atoms with Crippen LogP contribution in [-0.2, 0) is 11.2 Å².